The van der Waals surface area contributed by atoms with Crippen LogP contribution in [0.3, 0.4) is 0 Å². The van der Waals surface area contributed by atoms with Crippen LogP contribution in [0.4, 0.5) is 0 Å². The third-order valence-corrected chi connectivity index (χ3v) is 6.51. The van der Waals surface area contributed by atoms with Gasteiger partial charge >= 0.3 is 5.97 Å². The van der Waals surface area contributed by atoms with E-state index in [2.05, 4.69) is 104 Å². The van der Waals surface area contributed by atoms with Gasteiger partial charge in [0.1, 0.15) is 0 Å². The Morgan fingerprint density at radius 2 is 1.70 bits per heavy atom. The van der Waals surface area contributed by atoms with Crippen molar-refractivity contribution in [1.29, 1.82) is 0 Å². The number of carboxylic acid groups (broad SMARTS) is 1. The minimum Gasteiger partial charge on any atom is -0.481 e. The zero-order valence-corrected chi connectivity index (χ0v) is 19.6. The highest BCUT2D eigenvalue weighted by Gasteiger charge is 2.32. The fourth-order valence-electron chi connectivity index (χ4n) is 4.28. The molecule has 0 aliphatic carbocycles. The SMILES string of the molecule is Cc1cccc(C(C#Cc2ccc(CN3CC(C(=O)O)C3)cc2)Cc2ccc(C)c(C)c2)c1. The second-order valence-corrected chi connectivity index (χ2v) is 9.28. The average Bonchev–Trinajstić information content (AvgIpc) is 2.76. The summed E-state index contributed by atoms with van der Waals surface area (Å²) in [4.78, 5) is 13.1. The molecule has 1 unspecified atom stereocenters. The molecule has 0 spiro atoms. The van der Waals surface area contributed by atoms with Gasteiger partial charge in [0.25, 0.3) is 0 Å². The summed E-state index contributed by atoms with van der Waals surface area (Å²) in [6, 6.07) is 23.7. The molecule has 1 aliphatic heterocycles. The van der Waals surface area contributed by atoms with E-state index in [-0.39, 0.29) is 11.8 Å². The van der Waals surface area contributed by atoms with Crippen LogP contribution in [0.5, 0.6) is 0 Å². The Hall–Kier alpha value is -3.35. The molecule has 1 saturated heterocycles. The molecule has 1 fully saturated rings. The standard InChI is InChI=1S/C30H31NO2/c1-21-5-4-6-27(15-21)28(17-26-8-7-22(2)23(3)16-26)14-13-24-9-11-25(12-10-24)18-31-19-29(20-31)30(32)33/h4-12,15-16,28-29H,17-20H2,1-3H3,(H,32,33). The maximum atomic E-state index is 11.0. The lowest BCUT2D eigenvalue weighted by atomic mass is 9.90. The van der Waals surface area contributed by atoms with E-state index in [4.69, 9.17) is 5.11 Å². The van der Waals surface area contributed by atoms with Gasteiger partial charge in [-0.25, -0.2) is 0 Å². The second kappa shape index (κ2) is 10.1. The van der Waals surface area contributed by atoms with Gasteiger partial charge in [0.2, 0.25) is 0 Å². The molecule has 33 heavy (non-hydrogen) atoms. The Bertz CT molecular complexity index is 1190. The minimum atomic E-state index is -0.694. The predicted octanol–water partition coefficient (Wildman–Crippen LogP) is 5.51. The van der Waals surface area contributed by atoms with Crippen LogP contribution < -0.4 is 0 Å². The number of nitrogens with zero attached hydrogens (tertiary/aromatic N) is 1. The van der Waals surface area contributed by atoms with Crippen molar-refractivity contribution in [2.75, 3.05) is 13.1 Å². The summed E-state index contributed by atoms with van der Waals surface area (Å²) < 4.78 is 0. The first-order chi connectivity index (χ1) is 15.9. The van der Waals surface area contributed by atoms with E-state index in [0.29, 0.717) is 13.1 Å². The number of hydrogen-bond acceptors (Lipinski definition) is 2. The Labute approximate surface area is 197 Å². The lowest BCUT2D eigenvalue weighted by Gasteiger charge is -2.36. The van der Waals surface area contributed by atoms with E-state index >= 15 is 0 Å². The van der Waals surface area contributed by atoms with Crippen LogP contribution in [0.15, 0.2) is 66.7 Å². The largest absolute Gasteiger partial charge is 0.481 e. The van der Waals surface area contributed by atoms with E-state index in [1.165, 1.54) is 33.4 Å². The summed E-state index contributed by atoms with van der Waals surface area (Å²) in [6.07, 6.45) is 0.884. The summed E-state index contributed by atoms with van der Waals surface area (Å²) in [5.41, 5.74) is 8.63. The van der Waals surface area contributed by atoms with Crippen LogP contribution in [-0.2, 0) is 17.8 Å². The Balaban J connectivity index is 1.49. The van der Waals surface area contributed by atoms with Gasteiger partial charge in [0, 0.05) is 31.1 Å². The number of rotatable bonds is 6. The molecule has 1 N–H and O–H groups in total. The van der Waals surface area contributed by atoms with Crippen LogP contribution in [0, 0.1) is 38.5 Å². The lowest BCUT2D eigenvalue weighted by molar-refractivity contribution is -0.147. The average molecular weight is 438 g/mol. The van der Waals surface area contributed by atoms with Crippen LogP contribution >= 0.6 is 0 Å². The fraction of sp³-hybridized carbons (Fsp3) is 0.300. The van der Waals surface area contributed by atoms with Crippen molar-refractivity contribution in [2.45, 2.75) is 39.7 Å². The van der Waals surface area contributed by atoms with Crippen molar-refractivity contribution < 1.29 is 9.90 Å². The zero-order valence-electron chi connectivity index (χ0n) is 19.6. The molecule has 3 heteroatoms. The maximum Gasteiger partial charge on any atom is 0.309 e. The normalized spacial score (nSPS) is 14.8. The van der Waals surface area contributed by atoms with E-state index in [0.717, 1.165) is 18.5 Å². The van der Waals surface area contributed by atoms with Crippen molar-refractivity contribution in [3.05, 3.63) is 106 Å². The fourth-order valence-corrected chi connectivity index (χ4v) is 4.28. The topological polar surface area (TPSA) is 40.5 Å². The number of aliphatic carboxylic acids is 1. The van der Waals surface area contributed by atoms with E-state index in [9.17, 15) is 4.79 Å². The van der Waals surface area contributed by atoms with Crippen molar-refractivity contribution in [3.63, 3.8) is 0 Å². The minimum absolute atomic E-state index is 0.126. The highest BCUT2D eigenvalue weighted by Crippen LogP contribution is 2.23. The molecule has 0 aromatic heterocycles. The van der Waals surface area contributed by atoms with E-state index < -0.39 is 5.97 Å². The van der Waals surface area contributed by atoms with Gasteiger partial charge in [0.15, 0.2) is 0 Å². The first kappa shape index (κ1) is 22.8. The molecule has 3 aromatic carbocycles. The van der Waals surface area contributed by atoms with Gasteiger partial charge in [0.05, 0.1) is 5.92 Å². The number of carboxylic acids is 1. The number of likely N-dealkylation sites (tertiary alicyclic amines) is 1. The van der Waals surface area contributed by atoms with Crippen LogP contribution in [-0.4, -0.2) is 29.1 Å². The van der Waals surface area contributed by atoms with Crippen LogP contribution in [0.25, 0.3) is 0 Å². The van der Waals surface area contributed by atoms with Gasteiger partial charge in [-0.15, -0.1) is 0 Å². The van der Waals surface area contributed by atoms with Crippen molar-refractivity contribution in [1.82, 2.24) is 4.90 Å². The summed E-state index contributed by atoms with van der Waals surface area (Å²) in [5, 5.41) is 9.03. The monoisotopic (exact) mass is 437 g/mol. The van der Waals surface area contributed by atoms with Crippen molar-refractivity contribution in [2.24, 2.45) is 5.92 Å². The summed E-state index contributed by atoms with van der Waals surface area (Å²) in [7, 11) is 0. The molecule has 0 radical (unpaired) electrons. The zero-order chi connectivity index (χ0) is 23.4. The summed E-state index contributed by atoms with van der Waals surface area (Å²) in [6.45, 7) is 8.49. The summed E-state index contributed by atoms with van der Waals surface area (Å²) in [5.74, 6) is 6.15. The van der Waals surface area contributed by atoms with E-state index in [1.54, 1.807) is 0 Å². The molecule has 0 bridgehead atoms. The third-order valence-electron chi connectivity index (χ3n) is 6.51. The van der Waals surface area contributed by atoms with Gasteiger partial charge in [-0.3, -0.25) is 9.69 Å². The number of hydrogen-bond donors (Lipinski definition) is 1. The third kappa shape index (κ3) is 5.92. The highest BCUT2D eigenvalue weighted by atomic mass is 16.4. The smallest absolute Gasteiger partial charge is 0.309 e. The van der Waals surface area contributed by atoms with E-state index in [1.807, 2.05) is 0 Å². The molecule has 1 aliphatic rings. The highest BCUT2D eigenvalue weighted by molar-refractivity contribution is 5.71. The molecule has 3 aromatic rings. The molecule has 0 saturated carbocycles. The maximum absolute atomic E-state index is 11.0. The number of carbonyl (C=O) groups is 1. The number of benzene rings is 3. The predicted molar refractivity (Wildman–Crippen MR) is 133 cm³/mol. The van der Waals surface area contributed by atoms with Gasteiger partial charge in [-0.05, 0) is 67.1 Å². The Morgan fingerprint density at radius 1 is 0.970 bits per heavy atom. The quantitative estimate of drug-likeness (QED) is 0.517. The Morgan fingerprint density at radius 3 is 2.36 bits per heavy atom. The first-order valence-electron chi connectivity index (χ1n) is 11.6. The molecule has 3 nitrogen and oxygen atoms in total. The molecule has 1 heterocycles. The molecule has 4 rings (SSSR count). The Kier molecular flexibility index (Phi) is 6.96. The van der Waals surface area contributed by atoms with Gasteiger partial charge < -0.3 is 5.11 Å². The van der Waals surface area contributed by atoms with Crippen molar-refractivity contribution in [3.8, 4) is 11.8 Å². The lowest BCUT2D eigenvalue weighted by Crippen LogP contribution is -2.49. The van der Waals surface area contributed by atoms with Crippen LogP contribution in [0.1, 0.15) is 44.9 Å². The molecular formula is C30H31NO2. The summed E-state index contributed by atoms with van der Waals surface area (Å²) >= 11 is 0. The van der Waals surface area contributed by atoms with Crippen LogP contribution in [0.2, 0.25) is 0 Å². The molecule has 168 valence electrons. The molecule has 1 atom stereocenters. The van der Waals surface area contributed by atoms with Gasteiger partial charge in [-0.1, -0.05) is 72.0 Å². The molecule has 0 amide bonds. The first-order valence-corrected chi connectivity index (χ1v) is 11.6. The second-order valence-electron chi connectivity index (χ2n) is 9.28. The molecular weight excluding hydrogens is 406 g/mol. The number of aryl methyl sites for hydroxylation is 3. The van der Waals surface area contributed by atoms with Gasteiger partial charge in [-0.2, -0.15) is 0 Å². The van der Waals surface area contributed by atoms with Crippen molar-refractivity contribution >= 4 is 5.97 Å².